The van der Waals surface area contributed by atoms with E-state index in [-0.39, 0.29) is 12.4 Å². The highest BCUT2D eigenvalue weighted by Gasteiger charge is 2.18. The van der Waals surface area contributed by atoms with Crippen molar-refractivity contribution in [3.05, 3.63) is 51.2 Å². The SMILES string of the molecule is O=C1CCCc2cc(OCc3ccsc3C(=O)O)ccc21. The third-order valence-electron chi connectivity index (χ3n) is 3.56. The quantitative estimate of drug-likeness (QED) is 0.938. The molecule has 2 aromatic rings. The Morgan fingerprint density at radius 1 is 1.29 bits per heavy atom. The molecule has 1 aromatic heterocycles. The number of benzene rings is 1. The molecule has 0 atom stereocenters. The molecular weight excluding hydrogens is 288 g/mol. The van der Waals surface area contributed by atoms with Crippen molar-refractivity contribution in [3.63, 3.8) is 0 Å². The van der Waals surface area contributed by atoms with E-state index in [0.717, 1.165) is 24.0 Å². The lowest BCUT2D eigenvalue weighted by Crippen LogP contribution is -2.10. The van der Waals surface area contributed by atoms with Gasteiger partial charge in [-0.15, -0.1) is 11.3 Å². The van der Waals surface area contributed by atoms with Crippen molar-refractivity contribution in [2.75, 3.05) is 0 Å². The number of hydrogen-bond acceptors (Lipinski definition) is 4. The number of aryl methyl sites for hydroxylation is 1. The minimum absolute atomic E-state index is 0.189. The van der Waals surface area contributed by atoms with E-state index in [4.69, 9.17) is 9.84 Å². The van der Waals surface area contributed by atoms with Crippen molar-refractivity contribution in [3.8, 4) is 5.75 Å². The molecule has 0 saturated heterocycles. The van der Waals surface area contributed by atoms with Crippen LogP contribution in [0.15, 0.2) is 29.6 Å². The second kappa shape index (κ2) is 5.69. The summed E-state index contributed by atoms with van der Waals surface area (Å²) in [5.41, 5.74) is 2.48. The zero-order valence-electron chi connectivity index (χ0n) is 11.3. The number of thiophene rings is 1. The van der Waals surface area contributed by atoms with E-state index in [9.17, 15) is 9.59 Å². The molecule has 0 spiro atoms. The number of hydrogen-bond donors (Lipinski definition) is 1. The number of fused-ring (bicyclic) bond motifs is 1. The van der Waals surface area contributed by atoms with Crippen molar-refractivity contribution < 1.29 is 19.4 Å². The predicted molar refractivity (Wildman–Crippen MR) is 79.3 cm³/mol. The maximum Gasteiger partial charge on any atom is 0.346 e. The van der Waals surface area contributed by atoms with Crippen LogP contribution in [-0.2, 0) is 13.0 Å². The van der Waals surface area contributed by atoms with Gasteiger partial charge >= 0.3 is 5.97 Å². The third-order valence-corrected chi connectivity index (χ3v) is 4.51. The van der Waals surface area contributed by atoms with Gasteiger partial charge in [0.25, 0.3) is 0 Å². The Hall–Kier alpha value is -2.14. The maximum atomic E-state index is 11.8. The summed E-state index contributed by atoms with van der Waals surface area (Å²) < 4.78 is 5.67. The summed E-state index contributed by atoms with van der Waals surface area (Å²) in [4.78, 5) is 23.1. The van der Waals surface area contributed by atoms with E-state index in [0.29, 0.717) is 22.6 Å². The number of rotatable bonds is 4. The molecule has 0 radical (unpaired) electrons. The number of carbonyl (C=O) groups is 2. The van der Waals surface area contributed by atoms with Crippen molar-refractivity contribution in [2.24, 2.45) is 0 Å². The molecule has 108 valence electrons. The summed E-state index contributed by atoms with van der Waals surface area (Å²) in [5.74, 6) is -0.0700. The van der Waals surface area contributed by atoms with Gasteiger partial charge in [0.2, 0.25) is 0 Å². The first-order chi connectivity index (χ1) is 10.1. The Morgan fingerprint density at radius 2 is 2.14 bits per heavy atom. The number of ketones is 1. The first kappa shape index (κ1) is 13.8. The fourth-order valence-electron chi connectivity index (χ4n) is 2.51. The summed E-state index contributed by atoms with van der Waals surface area (Å²) >= 11 is 1.19. The Kier molecular flexibility index (Phi) is 3.75. The van der Waals surface area contributed by atoms with Crippen LogP contribution in [0.5, 0.6) is 5.75 Å². The Balaban J connectivity index is 1.75. The largest absolute Gasteiger partial charge is 0.489 e. The van der Waals surface area contributed by atoms with Gasteiger partial charge in [-0.3, -0.25) is 4.79 Å². The Morgan fingerprint density at radius 3 is 2.95 bits per heavy atom. The topological polar surface area (TPSA) is 63.6 Å². The number of aromatic carboxylic acids is 1. The number of carboxylic acid groups (broad SMARTS) is 1. The van der Waals surface area contributed by atoms with E-state index >= 15 is 0 Å². The normalized spacial score (nSPS) is 13.8. The van der Waals surface area contributed by atoms with Gasteiger partial charge in [-0.25, -0.2) is 4.79 Å². The van der Waals surface area contributed by atoms with Crippen LogP contribution in [-0.4, -0.2) is 16.9 Å². The average Bonchev–Trinajstić information content (AvgIpc) is 2.94. The molecule has 0 saturated carbocycles. The fraction of sp³-hybridized carbons (Fsp3) is 0.250. The van der Waals surface area contributed by atoms with Crippen LogP contribution in [0, 0.1) is 0 Å². The van der Waals surface area contributed by atoms with Gasteiger partial charge in [0.15, 0.2) is 5.78 Å². The van der Waals surface area contributed by atoms with Crippen LogP contribution in [0.2, 0.25) is 0 Å². The highest BCUT2D eigenvalue weighted by Crippen LogP contribution is 2.26. The second-order valence-electron chi connectivity index (χ2n) is 4.96. The molecule has 0 aliphatic heterocycles. The predicted octanol–water partition coefficient (Wildman–Crippen LogP) is 3.54. The first-order valence-electron chi connectivity index (χ1n) is 6.74. The van der Waals surface area contributed by atoms with Crippen LogP contribution in [0.1, 0.15) is 44.0 Å². The second-order valence-corrected chi connectivity index (χ2v) is 5.88. The molecule has 1 aromatic carbocycles. The van der Waals surface area contributed by atoms with E-state index in [1.54, 1.807) is 23.6 Å². The zero-order valence-corrected chi connectivity index (χ0v) is 12.1. The molecule has 1 aliphatic rings. The maximum absolute atomic E-state index is 11.8. The molecular formula is C16H14O4S. The minimum atomic E-state index is -0.931. The minimum Gasteiger partial charge on any atom is -0.489 e. The monoisotopic (exact) mass is 302 g/mol. The lowest BCUT2D eigenvalue weighted by atomic mass is 9.90. The molecule has 0 unspecified atom stereocenters. The highest BCUT2D eigenvalue weighted by atomic mass is 32.1. The molecule has 0 amide bonds. The summed E-state index contributed by atoms with van der Waals surface area (Å²) in [6, 6.07) is 7.22. The van der Waals surface area contributed by atoms with Crippen LogP contribution < -0.4 is 4.74 Å². The van der Waals surface area contributed by atoms with Gasteiger partial charge in [-0.1, -0.05) is 0 Å². The summed E-state index contributed by atoms with van der Waals surface area (Å²) in [5, 5.41) is 10.8. The third kappa shape index (κ3) is 2.83. The fourth-order valence-corrected chi connectivity index (χ4v) is 3.26. The van der Waals surface area contributed by atoms with Gasteiger partial charge in [-0.2, -0.15) is 0 Å². The summed E-state index contributed by atoms with van der Waals surface area (Å²) in [6.07, 6.45) is 2.38. The molecule has 5 heteroatoms. The van der Waals surface area contributed by atoms with E-state index in [2.05, 4.69) is 0 Å². The van der Waals surface area contributed by atoms with Gasteiger partial charge < -0.3 is 9.84 Å². The summed E-state index contributed by atoms with van der Waals surface area (Å²) in [7, 11) is 0. The number of carbonyl (C=O) groups excluding carboxylic acids is 1. The Labute approximate surface area is 126 Å². The molecule has 1 N–H and O–H groups in total. The molecule has 1 aliphatic carbocycles. The van der Waals surface area contributed by atoms with Crippen LogP contribution in [0.4, 0.5) is 0 Å². The lowest BCUT2D eigenvalue weighted by Gasteiger charge is -2.16. The molecule has 3 rings (SSSR count). The molecule has 21 heavy (non-hydrogen) atoms. The van der Waals surface area contributed by atoms with E-state index in [1.807, 2.05) is 6.07 Å². The molecule has 0 bridgehead atoms. The molecule has 1 heterocycles. The smallest absolute Gasteiger partial charge is 0.346 e. The van der Waals surface area contributed by atoms with Crippen molar-refractivity contribution in [1.29, 1.82) is 0 Å². The number of Topliss-reactive ketones (excluding diaryl/α,β-unsaturated/α-hetero) is 1. The summed E-state index contributed by atoms with van der Waals surface area (Å²) in [6.45, 7) is 0.220. The van der Waals surface area contributed by atoms with Crippen molar-refractivity contribution >= 4 is 23.1 Å². The lowest BCUT2D eigenvalue weighted by molar-refractivity contribution is 0.0699. The number of ether oxygens (including phenoxy) is 1. The van der Waals surface area contributed by atoms with Gasteiger partial charge in [0, 0.05) is 17.5 Å². The standard InChI is InChI=1S/C16H14O4S/c17-14-3-1-2-10-8-12(4-5-13(10)14)20-9-11-6-7-21-15(11)16(18)19/h4-8H,1-3,9H2,(H,18,19). The van der Waals surface area contributed by atoms with E-state index in [1.165, 1.54) is 11.3 Å². The van der Waals surface area contributed by atoms with Gasteiger partial charge in [-0.05, 0) is 48.1 Å². The number of carboxylic acids is 1. The first-order valence-corrected chi connectivity index (χ1v) is 7.61. The highest BCUT2D eigenvalue weighted by molar-refractivity contribution is 7.12. The molecule has 0 fully saturated rings. The van der Waals surface area contributed by atoms with E-state index < -0.39 is 5.97 Å². The van der Waals surface area contributed by atoms with Crippen molar-refractivity contribution in [1.82, 2.24) is 0 Å². The van der Waals surface area contributed by atoms with Crippen LogP contribution in [0.3, 0.4) is 0 Å². The van der Waals surface area contributed by atoms with Gasteiger partial charge in [0.1, 0.15) is 17.2 Å². The average molecular weight is 302 g/mol. The zero-order chi connectivity index (χ0) is 14.8. The molecule has 4 nitrogen and oxygen atoms in total. The Bertz CT molecular complexity index is 702. The van der Waals surface area contributed by atoms with Crippen molar-refractivity contribution in [2.45, 2.75) is 25.9 Å². The van der Waals surface area contributed by atoms with Gasteiger partial charge in [0.05, 0.1) is 0 Å². The van der Waals surface area contributed by atoms with Crippen LogP contribution in [0.25, 0.3) is 0 Å². The van der Waals surface area contributed by atoms with Crippen LogP contribution >= 0.6 is 11.3 Å².